The Kier molecular flexibility index (Phi) is 5.61. The summed E-state index contributed by atoms with van der Waals surface area (Å²) < 4.78 is 5.04. The minimum absolute atomic E-state index is 0.0752. The van der Waals surface area contributed by atoms with E-state index in [9.17, 15) is 9.90 Å². The van der Waals surface area contributed by atoms with Gasteiger partial charge in [-0.1, -0.05) is 12.1 Å². The SMILES string of the molecule is COc1ccc(C(O)CN(C)CCC(=O)O)cc1. The average Bonchev–Trinajstić information content (AvgIpc) is 2.36. The van der Waals surface area contributed by atoms with Crippen LogP contribution in [0.4, 0.5) is 0 Å². The minimum atomic E-state index is -0.833. The van der Waals surface area contributed by atoms with Crippen LogP contribution in [0.15, 0.2) is 24.3 Å². The van der Waals surface area contributed by atoms with Crippen molar-refractivity contribution in [3.05, 3.63) is 29.8 Å². The number of carbonyl (C=O) groups is 1. The van der Waals surface area contributed by atoms with E-state index in [4.69, 9.17) is 9.84 Å². The van der Waals surface area contributed by atoms with Crippen molar-refractivity contribution in [3.8, 4) is 5.75 Å². The van der Waals surface area contributed by atoms with Gasteiger partial charge in [-0.15, -0.1) is 0 Å². The molecule has 2 N–H and O–H groups in total. The van der Waals surface area contributed by atoms with Crippen LogP contribution >= 0.6 is 0 Å². The third kappa shape index (κ3) is 4.73. The summed E-state index contributed by atoms with van der Waals surface area (Å²) in [5.41, 5.74) is 0.790. The van der Waals surface area contributed by atoms with Gasteiger partial charge in [-0.05, 0) is 24.7 Å². The molecule has 0 aliphatic heterocycles. The Balaban J connectivity index is 2.47. The van der Waals surface area contributed by atoms with Crippen LogP contribution in [0, 0.1) is 0 Å². The highest BCUT2D eigenvalue weighted by atomic mass is 16.5. The van der Waals surface area contributed by atoms with Crippen molar-refractivity contribution in [1.29, 1.82) is 0 Å². The summed E-state index contributed by atoms with van der Waals surface area (Å²) in [4.78, 5) is 12.2. The van der Waals surface area contributed by atoms with Gasteiger partial charge in [0.1, 0.15) is 5.75 Å². The lowest BCUT2D eigenvalue weighted by atomic mass is 10.1. The van der Waals surface area contributed by atoms with Gasteiger partial charge >= 0.3 is 5.97 Å². The van der Waals surface area contributed by atoms with E-state index in [1.165, 1.54) is 0 Å². The lowest BCUT2D eigenvalue weighted by molar-refractivity contribution is -0.137. The number of methoxy groups -OCH3 is 1. The van der Waals surface area contributed by atoms with E-state index in [1.807, 2.05) is 0 Å². The highest BCUT2D eigenvalue weighted by Crippen LogP contribution is 2.18. The van der Waals surface area contributed by atoms with Gasteiger partial charge in [-0.2, -0.15) is 0 Å². The maximum Gasteiger partial charge on any atom is 0.304 e. The highest BCUT2D eigenvalue weighted by molar-refractivity contribution is 5.66. The Morgan fingerprint density at radius 1 is 1.39 bits per heavy atom. The number of nitrogens with zero attached hydrogens (tertiary/aromatic N) is 1. The molecule has 18 heavy (non-hydrogen) atoms. The van der Waals surface area contributed by atoms with Crippen LogP contribution in [-0.4, -0.2) is 48.3 Å². The first-order valence-corrected chi connectivity index (χ1v) is 5.75. The fourth-order valence-electron chi connectivity index (χ4n) is 1.60. The Morgan fingerprint density at radius 3 is 2.50 bits per heavy atom. The molecular formula is C13H19NO4. The minimum Gasteiger partial charge on any atom is -0.497 e. The van der Waals surface area contributed by atoms with Gasteiger partial charge in [0.2, 0.25) is 0 Å². The maximum atomic E-state index is 10.4. The van der Waals surface area contributed by atoms with E-state index in [2.05, 4.69) is 0 Å². The molecule has 0 aliphatic carbocycles. The number of hydrogen-bond donors (Lipinski definition) is 2. The van der Waals surface area contributed by atoms with Crippen molar-refractivity contribution < 1.29 is 19.7 Å². The van der Waals surface area contributed by atoms with E-state index in [0.717, 1.165) is 11.3 Å². The molecule has 0 aliphatic rings. The van der Waals surface area contributed by atoms with Crippen LogP contribution in [0.3, 0.4) is 0 Å². The predicted molar refractivity (Wildman–Crippen MR) is 67.7 cm³/mol. The molecule has 0 saturated carbocycles. The summed E-state index contributed by atoms with van der Waals surface area (Å²) in [6.45, 7) is 0.822. The number of hydrogen-bond acceptors (Lipinski definition) is 4. The predicted octanol–water partition coefficient (Wildman–Crippen LogP) is 1.14. The van der Waals surface area contributed by atoms with Gasteiger partial charge in [0.15, 0.2) is 0 Å². The van der Waals surface area contributed by atoms with Crippen LogP contribution in [0.2, 0.25) is 0 Å². The normalized spacial score (nSPS) is 12.4. The topological polar surface area (TPSA) is 70.0 Å². The van der Waals surface area contributed by atoms with Gasteiger partial charge in [-0.3, -0.25) is 4.79 Å². The second-order valence-corrected chi connectivity index (χ2v) is 4.19. The van der Waals surface area contributed by atoms with Gasteiger partial charge in [0, 0.05) is 13.1 Å². The summed E-state index contributed by atoms with van der Waals surface area (Å²) in [5, 5.41) is 18.6. The number of rotatable bonds is 7. The van der Waals surface area contributed by atoms with E-state index in [0.29, 0.717) is 13.1 Å². The van der Waals surface area contributed by atoms with Gasteiger partial charge in [0.25, 0.3) is 0 Å². The summed E-state index contributed by atoms with van der Waals surface area (Å²) >= 11 is 0. The zero-order valence-corrected chi connectivity index (χ0v) is 10.7. The summed E-state index contributed by atoms with van der Waals surface area (Å²) in [5.74, 6) is -0.0917. The smallest absolute Gasteiger partial charge is 0.304 e. The van der Waals surface area contributed by atoms with Crippen LogP contribution < -0.4 is 4.74 Å². The number of ether oxygens (including phenoxy) is 1. The van der Waals surface area contributed by atoms with Gasteiger partial charge in [-0.25, -0.2) is 0 Å². The van der Waals surface area contributed by atoms with Crippen molar-refractivity contribution in [1.82, 2.24) is 4.90 Å². The van der Waals surface area contributed by atoms with E-state index >= 15 is 0 Å². The fourth-order valence-corrected chi connectivity index (χ4v) is 1.60. The number of benzene rings is 1. The molecule has 5 heteroatoms. The largest absolute Gasteiger partial charge is 0.497 e. The number of carboxylic acid groups (broad SMARTS) is 1. The molecule has 1 unspecified atom stereocenters. The second kappa shape index (κ2) is 6.98. The van der Waals surface area contributed by atoms with Gasteiger partial charge < -0.3 is 19.8 Å². The van der Waals surface area contributed by atoms with E-state index in [-0.39, 0.29) is 6.42 Å². The zero-order valence-electron chi connectivity index (χ0n) is 10.7. The summed E-state index contributed by atoms with van der Waals surface area (Å²) in [6, 6.07) is 7.18. The first-order valence-electron chi connectivity index (χ1n) is 5.75. The third-order valence-electron chi connectivity index (χ3n) is 2.69. The summed E-state index contributed by atoms with van der Waals surface area (Å²) in [7, 11) is 3.38. The second-order valence-electron chi connectivity index (χ2n) is 4.19. The van der Waals surface area contributed by atoms with Crippen molar-refractivity contribution in [2.24, 2.45) is 0 Å². The monoisotopic (exact) mass is 253 g/mol. The fraction of sp³-hybridized carbons (Fsp3) is 0.462. The molecule has 1 aromatic rings. The molecule has 0 saturated heterocycles. The molecule has 1 aromatic carbocycles. The highest BCUT2D eigenvalue weighted by Gasteiger charge is 2.11. The molecule has 0 bridgehead atoms. The Morgan fingerprint density at radius 2 is 2.00 bits per heavy atom. The standard InChI is InChI=1S/C13H19NO4/c1-14(8-7-13(16)17)9-12(15)10-3-5-11(18-2)6-4-10/h3-6,12,15H,7-9H2,1-2H3,(H,16,17). The van der Waals surface area contributed by atoms with Crippen LogP contribution in [0.5, 0.6) is 5.75 Å². The van der Waals surface area contributed by atoms with Crippen LogP contribution in [-0.2, 0) is 4.79 Å². The molecule has 0 radical (unpaired) electrons. The van der Waals surface area contributed by atoms with Crippen molar-refractivity contribution in [2.75, 3.05) is 27.2 Å². The molecule has 0 fully saturated rings. The molecular weight excluding hydrogens is 234 g/mol. The molecule has 100 valence electrons. The molecule has 0 heterocycles. The van der Waals surface area contributed by atoms with E-state index < -0.39 is 12.1 Å². The Bertz CT molecular complexity index is 377. The van der Waals surface area contributed by atoms with Gasteiger partial charge in [0.05, 0.1) is 19.6 Å². The molecule has 5 nitrogen and oxygen atoms in total. The molecule has 1 atom stereocenters. The number of likely N-dealkylation sites (N-methyl/N-ethyl adjacent to an activating group) is 1. The Labute approximate surface area is 107 Å². The lowest BCUT2D eigenvalue weighted by Gasteiger charge is -2.20. The number of carboxylic acids is 1. The van der Waals surface area contributed by atoms with Crippen molar-refractivity contribution in [2.45, 2.75) is 12.5 Å². The number of aliphatic hydroxyl groups is 1. The molecule has 1 rings (SSSR count). The van der Waals surface area contributed by atoms with Crippen LogP contribution in [0.1, 0.15) is 18.1 Å². The average molecular weight is 253 g/mol. The quantitative estimate of drug-likeness (QED) is 0.762. The first-order chi connectivity index (χ1) is 8.52. The molecule has 0 amide bonds. The molecule has 0 aromatic heterocycles. The number of aliphatic hydroxyl groups excluding tert-OH is 1. The van der Waals surface area contributed by atoms with Crippen LogP contribution in [0.25, 0.3) is 0 Å². The van der Waals surface area contributed by atoms with Crippen molar-refractivity contribution >= 4 is 5.97 Å². The maximum absolute atomic E-state index is 10.4. The third-order valence-corrected chi connectivity index (χ3v) is 2.69. The lowest BCUT2D eigenvalue weighted by Crippen LogP contribution is -2.27. The van der Waals surface area contributed by atoms with E-state index in [1.54, 1.807) is 43.3 Å². The zero-order chi connectivity index (χ0) is 13.5. The Hall–Kier alpha value is -1.59. The first kappa shape index (κ1) is 14.5. The summed E-state index contributed by atoms with van der Waals surface area (Å²) in [6.07, 6.45) is -0.555. The molecule has 0 spiro atoms. The van der Waals surface area contributed by atoms with Crippen molar-refractivity contribution in [3.63, 3.8) is 0 Å². The number of aliphatic carboxylic acids is 1.